The Kier molecular flexibility index (Phi) is 5.35. The van der Waals surface area contributed by atoms with Gasteiger partial charge in [0.05, 0.1) is 6.10 Å². The predicted molar refractivity (Wildman–Crippen MR) is 75.8 cm³/mol. The highest BCUT2D eigenvalue weighted by Gasteiger charge is 2.25. The number of hydrogen-bond donors (Lipinski definition) is 1. The van der Waals surface area contributed by atoms with E-state index in [1.54, 1.807) is 0 Å². The molecule has 1 unspecified atom stereocenters. The van der Waals surface area contributed by atoms with E-state index in [9.17, 15) is 9.59 Å². The van der Waals surface area contributed by atoms with E-state index in [-0.39, 0.29) is 6.10 Å². The maximum atomic E-state index is 11.9. The lowest BCUT2D eigenvalue weighted by atomic mass is 10.1. The van der Waals surface area contributed by atoms with Crippen LogP contribution in [-0.4, -0.2) is 42.5 Å². The Hall–Kier alpha value is -1.62. The van der Waals surface area contributed by atoms with Crippen LogP contribution < -0.4 is 5.73 Å². The maximum absolute atomic E-state index is 11.9. The van der Waals surface area contributed by atoms with E-state index < -0.39 is 11.8 Å². The zero-order valence-corrected chi connectivity index (χ0v) is 11.7. The molecule has 2 rings (SSSR count). The van der Waals surface area contributed by atoms with Gasteiger partial charge < -0.3 is 15.4 Å². The maximum Gasteiger partial charge on any atom is 0.312 e. The third kappa shape index (κ3) is 4.20. The quantitative estimate of drug-likeness (QED) is 0.784. The largest absolute Gasteiger partial charge is 0.376 e. The van der Waals surface area contributed by atoms with E-state index in [1.165, 1.54) is 4.90 Å². The van der Waals surface area contributed by atoms with Crippen molar-refractivity contribution in [3.8, 4) is 0 Å². The second-order valence-electron chi connectivity index (χ2n) is 5.30. The lowest BCUT2D eigenvalue weighted by Crippen LogP contribution is -2.46. The number of rotatable bonds is 4. The van der Waals surface area contributed by atoms with E-state index in [4.69, 9.17) is 10.5 Å². The fraction of sp³-hybridized carbons (Fsp3) is 0.600. The molecule has 1 aliphatic heterocycles. The minimum atomic E-state index is -0.902. The van der Waals surface area contributed by atoms with E-state index in [0.29, 0.717) is 13.1 Å². The SMILES string of the molecule is NC(=O)C(=O)N(CC1=CCCC=C1)CC1CCCCO1. The second-order valence-corrected chi connectivity index (χ2v) is 5.30. The van der Waals surface area contributed by atoms with Crippen LogP contribution in [0.25, 0.3) is 0 Å². The summed E-state index contributed by atoms with van der Waals surface area (Å²) in [5, 5.41) is 0. The van der Waals surface area contributed by atoms with Gasteiger partial charge in [0.15, 0.2) is 0 Å². The van der Waals surface area contributed by atoms with Crippen LogP contribution in [-0.2, 0) is 14.3 Å². The molecular weight excluding hydrogens is 256 g/mol. The molecule has 0 bridgehead atoms. The summed E-state index contributed by atoms with van der Waals surface area (Å²) in [6.45, 7) is 1.59. The second kappa shape index (κ2) is 7.24. The van der Waals surface area contributed by atoms with Gasteiger partial charge in [-0.15, -0.1) is 0 Å². The van der Waals surface area contributed by atoms with Crippen molar-refractivity contribution in [3.63, 3.8) is 0 Å². The minimum absolute atomic E-state index is 0.0141. The average molecular weight is 278 g/mol. The molecule has 5 heteroatoms. The normalized spacial score (nSPS) is 22.2. The molecule has 2 N–H and O–H groups in total. The van der Waals surface area contributed by atoms with Gasteiger partial charge in [0.1, 0.15) is 0 Å². The molecule has 5 nitrogen and oxygen atoms in total. The number of carbonyl (C=O) groups excluding carboxylic acids is 2. The average Bonchev–Trinajstić information content (AvgIpc) is 2.48. The van der Waals surface area contributed by atoms with Gasteiger partial charge in [0.2, 0.25) is 0 Å². The van der Waals surface area contributed by atoms with E-state index in [0.717, 1.165) is 44.3 Å². The first-order valence-corrected chi connectivity index (χ1v) is 7.22. The van der Waals surface area contributed by atoms with Gasteiger partial charge in [-0.25, -0.2) is 0 Å². The molecule has 0 aromatic carbocycles. The molecule has 0 radical (unpaired) electrons. The standard InChI is InChI=1S/C15H22N2O3/c16-14(18)15(19)17(10-12-6-2-1-3-7-12)11-13-8-4-5-9-20-13/h2,6-7,13H,1,3-5,8-11H2,(H2,16,18). The van der Waals surface area contributed by atoms with Crippen LogP contribution in [0.1, 0.15) is 32.1 Å². The predicted octanol–water partition coefficient (Wildman–Crippen LogP) is 1.15. The van der Waals surface area contributed by atoms with Crippen molar-refractivity contribution in [2.24, 2.45) is 5.73 Å². The summed E-state index contributed by atoms with van der Waals surface area (Å²) in [4.78, 5) is 24.6. The Morgan fingerprint density at radius 1 is 1.35 bits per heavy atom. The molecule has 0 aromatic rings. The number of amides is 2. The van der Waals surface area contributed by atoms with Gasteiger partial charge in [-0.3, -0.25) is 9.59 Å². The third-order valence-corrected chi connectivity index (χ3v) is 3.64. The molecule has 1 atom stereocenters. The Morgan fingerprint density at radius 3 is 2.80 bits per heavy atom. The van der Waals surface area contributed by atoms with Crippen LogP contribution >= 0.6 is 0 Å². The minimum Gasteiger partial charge on any atom is -0.376 e. The van der Waals surface area contributed by atoms with Gasteiger partial charge in [0.25, 0.3) is 0 Å². The third-order valence-electron chi connectivity index (χ3n) is 3.64. The van der Waals surface area contributed by atoms with Gasteiger partial charge in [-0.2, -0.15) is 0 Å². The van der Waals surface area contributed by atoms with Crippen molar-refractivity contribution in [3.05, 3.63) is 23.8 Å². The smallest absolute Gasteiger partial charge is 0.312 e. The summed E-state index contributed by atoms with van der Waals surface area (Å²) in [7, 11) is 0. The summed E-state index contributed by atoms with van der Waals surface area (Å²) in [6, 6.07) is 0. The summed E-state index contributed by atoms with van der Waals surface area (Å²) < 4.78 is 5.64. The van der Waals surface area contributed by atoms with Crippen molar-refractivity contribution >= 4 is 11.8 Å². The van der Waals surface area contributed by atoms with Crippen LogP contribution in [0.5, 0.6) is 0 Å². The van der Waals surface area contributed by atoms with Gasteiger partial charge in [-0.1, -0.05) is 18.2 Å². The molecule has 20 heavy (non-hydrogen) atoms. The summed E-state index contributed by atoms with van der Waals surface area (Å²) >= 11 is 0. The molecule has 0 spiro atoms. The van der Waals surface area contributed by atoms with Gasteiger partial charge in [0, 0.05) is 19.7 Å². The molecule has 1 fully saturated rings. The van der Waals surface area contributed by atoms with Crippen LogP contribution in [0.4, 0.5) is 0 Å². The van der Waals surface area contributed by atoms with Crippen LogP contribution in [0.2, 0.25) is 0 Å². The summed E-state index contributed by atoms with van der Waals surface area (Å²) in [5.41, 5.74) is 6.20. The number of allylic oxidation sites excluding steroid dienone is 2. The van der Waals surface area contributed by atoms with Crippen molar-refractivity contribution in [1.82, 2.24) is 4.90 Å². The molecule has 110 valence electrons. The fourth-order valence-corrected chi connectivity index (χ4v) is 2.58. The van der Waals surface area contributed by atoms with Crippen molar-refractivity contribution < 1.29 is 14.3 Å². The lowest BCUT2D eigenvalue weighted by molar-refractivity contribution is -0.145. The molecule has 0 saturated carbocycles. The van der Waals surface area contributed by atoms with Crippen molar-refractivity contribution in [2.45, 2.75) is 38.2 Å². The molecule has 1 saturated heterocycles. The van der Waals surface area contributed by atoms with Crippen molar-refractivity contribution in [1.29, 1.82) is 0 Å². The number of carbonyl (C=O) groups is 2. The number of hydrogen-bond acceptors (Lipinski definition) is 3. The summed E-state index contributed by atoms with van der Waals surface area (Å²) in [5.74, 6) is -1.53. The Morgan fingerprint density at radius 2 is 2.20 bits per heavy atom. The first kappa shape index (κ1) is 14.8. The Balaban J connectivity index is 1.99. The summed E-state index contributed by atoms with van der Waals surface area (Å²) in [6.07, 6.45) is 11.3. The number of primary amides is 1. The molecule has 1 heterocycles. The first-order chi connectivity index (χ1) is 9.66. The molecule has 0 aromatic heterocycles. The number of nitrogens with two attached hydrogens (primary N) is 1. The molecule has 2 amide bonds. The lowest BCUT2D eigenvalue weighted by Gasteiger charge is -2.29. The Labute approximate surface area is 119 Å². The fourth-order valence-electron chi connectivity index (χ4n) is 2.58. The molecular formula is C15H22N2O3. The van der Waals surface area contributed by atoms with E-state index >= 15 is 0 Å². The van der Waals surface area contributed by atoms with Gasteiger partial charge in [-0.05, 0) is 37.7 Å². The zero-order valence-electron chi connectivity index (χ0n) is 11.7. The topological polar surface area (TPSA) is 72.6 Å². The number of ether oxygens (including phenoxy) is 1. The van der Waals surface area contributed by atoms with Crippen LogP contribution in [0.15, 0.2) is 23.8 Å². The Bertz CT molecular complexity index is 423. The monoisotopic (exact) mass is 278 g/mol. The highest BCUT2D eigenvalue weighted by atomic mass is 16.5. The first-order valence-electron chi connectivity index (χ1n) is 7.22. The molecule has 2 aliphatic rings. The van der Waals surface area contributed by atoms with Crippen LogP contribution in [0.3, 0.4) is 0 Å². The zero-order chi connectivity index (χ0) is 14.4. The van der Waals surface area contributed by atoms with Gasteiger partial charge >= 0.3 is 11.8 Å². The molecule has 1 aliphatic carbocycles. The van der Waals surface area contributed by atoms with Crippen molar-refractivity contribution in [2.75, 3.05) is 19.7 Å². The van der Waals surface area contributed by atoms with E-state index in [1.807, 2.05) is 6.08 Å². The highest BCUT2D eigenvalue weighted by molar-refractivity contribution is 6.34. The highest BCUT2D eigenvalue weighted by Crippen LogP contribution is 2.16. The van der Waals surface area contributed by atoms with Crippen LogP contribution in [0, 0.1) is 0 Å². The van der Waals surface area contributed by atoms with E-state index in [2.05, 4.69) is 12.2 Å². The number of nitrogens with zero attached hydrogens (tertiary/aromatic N) is 1.